The maximum atomic E-state index is 9.66. The van der Waals surface area contributed by atoms with E-state index in [0.717, 1.165) is 27.1 Å². The number of hydrogen-bond acceptors (Lipinski definition) is 1. The van der Waals surface area contributed by atoms with Gasteiger partial charge in [0.2, 0.25) is 0 Å². The van der Waals surface area contributed by atoms with Gasteiger partial charge in [-0.3, -0.25) is 6.08 Å². The molecule has 0 aromatic heterocycles. The average Bonchev–Trinajstić information content (AvgIpc) is 2.78. The predicted octanol–water partition coefficient (Wildman–Crippen LogP) is 4.06. The maximum absolute atomic E-state index is 9.66. The molecule has 2 rings (SSSR count). The first-order valence-corrected chi connectivity index (χ1v) is 9.59. The minimum atomic E-state index is 0. The Morgan fingerprint density at radius 3 is 1.60 bits per heavy atom. The van der Waals surface area contributed by atoms with E-state index in [1.54, 1.807) is 20.0 Å². The van der Waals surface area contributed by atoms with Gasteiger partial charge in [-0.1, -0.05) is 25.0 Å². The fourth-order valence-electron chi connectivity index (χ4n) is 2.28. The number of aromatic hydroxyl groups is 1. The summed E-state index contributed by atoms with van der Waals surface area (Å²) >= 11 is 1.75. The van der Waals surface area contributed by atoms with Gasteiger partial charge in [-0.2, -0.15) is 5.57 Å². The van der Waals surface area contributed by atoms with E-state index in [9.17, 15) is 5.11 Å². The van der Waals surface area contributed by atoms with Crippen molar-refractivity contribution in [1.82, 2.24) is 0 Å². The first-order chi connectivity index (χ1) is 10.6. The molecule has 0 saturated heterocycles. The molecule has 0 heterocycles. The van der Waals surface area contributed by atoms with Crippen LogP contribution in [0.25, 0.3) is 0 Å². The second-order valence-corrected chi connectivity index (χ2v) is 6.77. The molecular formula is C19H27Cl2OSi2Ti. The zero-order chi connectivity index (χ0) is 18.5. The molecule has 1 aromatic carbocycles. The van der Waals surface area contributed by atoms with E-state index in [4.69, 9.17) is 0 Å². The summed E-state index contributed by atoms with van der Waals surface area (Å²) in [5.41, 5.74) is 7.04. The van der Waals surface area contributed by atoms with Gasteiger partial charge in [-0.05, 0) is 49.9 Å². The molecule has 0 spiro atoms. The standard InChI is InChI=1S/C10H13OSi.C8H10Si.CH2.2ClH.Ti/c1-5-6(2)9(11)8(4)10(12)7(5)3;1-5-4-8(9)7(3)6(5)2;;;;/h11H,1-4H3;5H,1-3H3;1H2;2*1H;/q;-1;;;;+1. The summed E-state index contributed by atoms with van der Waals surface area (Å²) in [5.74, 6) is 0.917. The van der Waals surface area contributed by atoms with Crippen LogP contribution in [0.2, 0.25) is 0 Å². The van der Waals surface area contributed by atoms with Crippen LogP contribution < -0.4 is 5.19 Å². The number of phenolic OH excluding ortho intramolecular Hbond substituents is 1. The monoisotopic (exact) mass is 445 g/mol. The van der Waals surface area contributed by atoms with E-state index >= 15 is 0 Å². The Balaban J connectivity index is -0.000000336. The van der Waals surface area contributed by atoms with Crippen LogP contribution in [-0.4, -0.2) is 30.4 Å². The van der Waals surface area contributed by atoms with Crippen LogP contribution in [0.4, 0.5) is 0 Å². The summed E-state index contributed by atoms with van der Waals surface area (Å²) < 4.78 is 0. The van der Waals surface area contributed by atoms with Crippen molar-refractivity contribution in [3.8, 4) is 5.75 Å². The van der Waals surface area contributed by atoms with Crippen molar-refractivity contribution in [2.24, 2.45) is 5.92 Å². The van der Waals surface area contributed by atoms with Crippen molar-refractivity contribution >= 4 is 55.3 Å². The van der Waals surface area contributed by atoms with Crippen LogP contribution in [0.15, 0.2) is 16.3 Å². The van der Waals surface area contributed by atoms with Gasteiger partial charge >= 0.3 is 24.8 Å². The van der Waals surface area contributed by atoms with Crippen molar-refractivity contribution in [2.75, 3.05) is 0 Å². The molecule has 1 nitrogen and oxygen atoms in total. The van der Waals surface area contributed by atoms with Crippen molar-refractivity contribution in [3.05, 3.63) is 44.7 Å². The Morgan fingerprint density at radius 1 is 0.880 bits per heavy atom. The van der Waals surface area contributed by atoms with Crippen LogP contribution in [0.3, 0.4) is 0 Å². The third-order valence-electron chi connectivity index (χ3n) is 4.56. The summed E-state index contributed by atoms with van der Waals surface area (Å²) in [6.07, 6.45) is 3.27. The third-order valence-corrected chi connectivity index (χ3v) is 5.83. The Bertz CT molecular complexity index is 550. The Hall–Kier alpha value is 0.0981. The molecule has 0 aliphatic heterocycles. The first kappa shape index (κ1) is 29.8. The van der Waals surface area contributed by atoms with Crippen LogP contribution in [0.1, 0.15) is 43.0 Å². The number of hydrogen-bond donors (Lipinski definition) is 1. The van der Waals surface area contributed by atoms with Crippen LogP contribution in [0, 0.1) is 39.7 Å². The molecule has 1 aromatic rings. The molecule has 25 heavy (non-hydrogen) atoms. The number of benzene rings is 1. The average molecular weight is 446 g/mol. The third kappa shape index (κ3) is 7.32. The molecule has 1 N–H and O–H groups in total. The van der Waals surface area contributed by atoms with Crippen LogP contribution in [-0.2, 0) is 20.0 Å². The summed E-state index contributed by atoms with van der Waals surface area (Å²) in [5, 5.41) is 11.8. The zero-order valence-electron chi connectivity index (χ0n) is 16.0. The first-order valence-electron chi connectivity index (χ1n) is 7.48. The summed E-state index contributed by atoms with van der Waals surface area (Å²) in [6.45, 7) is 14.4. The van der Waals surface area contributed by atoms with Gasteiger partial charge in [0, 0.05) is 10.2 Å². The van der Waals surface area contributed by atoms with Gasteiger partial charge in [0.05, 0.1) is 10.2 Å². The molecular weight excluding hydrogens is 419 g/mol. The molecule has 6 heteroatoms. The van der Waals surface area contributed by atoms with E-state index in [2.05, 4.69) is 59.1 Å². The summed E-state index contributed by atoms with van der Waals surface area (Å²) in [6, 6.07) is 0. The zero-order valence-corrected chi connectivity index (χ0v) is 21.2. The van der Waals surface area contributed by atoms with Gasteiger partial charge in [-0.25, -0.2) is 10.8 Å². The fourth-order valence-corrected chi connectivity index (χ4v) is 3.00. The Morgan fingerprint density at radius 2 is 1.32 bits per heavy atom. The van der Waals surface area contributed by atoms with E-state index < -0.39 is 0 Å². The van der Waals surface area contributed by atoms with E-state index in [1.165, 1.54) is 16.7 Å². The van der Waals surface area contributed by atoms with E-state index in [1.807, 2.05) is 20.8 Å². The second kappa shape index (κ2) is 13.3. The number of phenols is 1. The molecule has 0 amide bonds. The van der Waals surface area contributed by atoms with Gasteiger partial charge < -0.3 is 5.11 Å². The van der Waals surface area contributed by atoms with Crippen molar-refractivity contribution < 1.29 is 25.1 Å². The molecule has 1 atom stereocenters. The normalized spacial score (nSPS) is 15.0. The van der Waals surface area contributed by atoms with Crippen molar-refractivity contribution in [3.63, 3.8) is 0 Å². The summed E-state index contributed by atoms with van der Waals surface area (Å²) in [7, 11) is 6.99. The molecule has 1 aliphatic carbocycles. The number of allylic oxidation sites excluding steroid dienone is 4. The molecule has 0 saturated carbocycles. The molecule has 1 unspecified atom stereocenters. The Kier molecular flexibility index (Phi) is 15.9. The van der Waals surface area contributed by atoms with E-state index in [-0.39, 0.29) is 24.8 Å². The van der Waals surface area contributed by atoms with E-state index in [0.29, 0.717) is 11.7 Å². The topological polar surface area (TPSA) is 20.2 Å². The molecule has 135 valence electrons. The SMILES string of the molecule is CC1=C(C)C(C)[C-]=C1[Si].Cc1c(C)c(O)c(C)c([Si])c1C.Cl.Cl.[CH2]=[Ti+]. The van der Waals surface area contributed by atoms with Crippen molar-refractivity contribution in [2.45, 2.75) is 48.5 Å². The molecule has 0 fully saturated rings. The van der Waals surface area contributed by atoms with Gasteiger partial charge in [0.1, 0.15) is 5.75 Å². The number of rotatable bonds is 0. The van der Waals surface area contributed by atoms with Gasteiger partial charge in [0.25, 0.3) is 0 Å². The van der Waals surface area contributed by atoms with Gasteiger partial charge in [-0.15, -0.1) is 31.7 Å². The molecule has 6 radical (unpaired) electrons. The fraction of sp³-hybridized carbons (Fsp3) is 0.421. The van der Waals surface area contributed by atoms with Gasteiger partial charge in [0.15, 0.2) is 0 Å². The Labute approximate surface area is 184 Å². The van der Waals surface area contributed by atoms with Crippen LogP contribution >= 0.6 is 24.8 Å². The molecule has 1 aliphatic rings. The predicted molar refractivity (Wildman–Crippen MR) is 114 cm³/mol. The summed E-state index contributed by atoms with van der Waals surface area (Å²) in [4.78, 5) is 3.25. The molecule has 0 bridgehead atoms. The second-order valence-electron chi connectivity index (χ2n) is 5.77. The number of halogens is 2. The van der Waals surface area contributed by atoms with Crippen molar-refractivity contribution in [1.29, 1.82) is 0 Å². The quantitative estimate of drug-likeness (QED) is 0.471. The minimum absolute atomic E-state index is 0. The van der Waals surface area contributed by atoms with Crippen LogP contribution in [0.5, 0.6) is 5.75 Å².